The van der Waals surface area contributed by atoms with Crippen LogP contribution in [0.15, 0.2) is 18.3 Å². The number of imidazole rings is 1. The molecule has 0 fully saturated rings. The molecule has 2 rings (SSSR count). The third-order valence-corrected chi connectivity index (χ3v) is 2.73. The predicted octanol–water partition coefficient (Wildman–Crippen LogP) is 2.29. The molecule has 0 aliphatic carbocycles. The molecule has 6 heteroatoms. The second-order valence-corrected chi connectivity index (χ2v) is 4.04. The molecule has 0 amide bonds. The molecule has 0 radical (unpaired) electrons. The Labute approximate surface area is 109 Å². The van der Waals surface area contributed by atoms with E-state index in [4.69, 9.17) is 9.84 Å². The highest BCUT2D eigenvalue weighted by Gasteiger charge is 2.13. The van der Waals surface area contributed by atoms with E-state index in [1.807, 2.05) is 0 Å². The number of benzene rings is 1. The van der Waals surface area contributed by atoms with Gasteiger partial charge in [0.1, 0.15) is 11.6 Å². The van der Waals surface area contributed by atoms with Crippen molar-refractivity contribution in [1.29, 1.82) is 0 Å². The van der Waals surface area contributed by atoms with Crippen molar-refractivity contribution in [2.24, 2.45) is 0 Å². The molecule has 0 aliphatic rings. The van der Waals surface area contributed by atoms with E-state index in [-0.39, 0.29) is 17.9 Å². The summed E-state index contributed by atoms with van der Waals surface area (Å²) in [7, 11) is 1.28. The van der Waals surface area contributed by atoms with E-state index in [9.17, 15) is 8.78 Å². The topological polar surface area (TPSA) is 58.1 Å². The minimum atomic E-state index is -0.634. The first-order valence-corrected chi connectivity index (χ1v) is 5.84. The molecular weight excluding hydrogens is 254 g/mol. The maximum Gasteiger partial charge on any atom is 0.165 e. The summed E-state index contributed by atoms with van der Waals surface area (Å²) in [6.07, 6.45) is 2.56. The van der Waals surface area contributed by atoms with E-state index in [1.54, 1.807) is 0 Å². The first-order valence-electron chi connectivity index (χ1n) is 5.84. The maximum absolute atomic E-state index is 13.8. The fraction of sp³-hybridized carbons (Fsp3) is 0.308. The van der Waals surface area contributed by atoms with Crippen LogP contribution in [0.1, 0.15) is 12.2 Å². The van der Waals surface area contributed by atoms with Crippen LogP contribution < -0.4 is 4.74 Å². The number of aliphatic hydroxyl groups excluding tert-OH is 1. The van der Waals surface area contributed by atoms with Crippen molar-refractivity contribution in [2.45, 2.75) is 12.8 Å². The lowest BCUT2D eigenvalue weighted by atomic mass is 10.1. The minimum absolute atomic E-state index is 0.0571. The van der Waals surface area contributed by atoms with Crippen molar-refractivity contribution < 1.29 is 18.6 Å². The van der Waals surface area contributed by atoms with Crippen LogP contribution in [0.5, 0.6) is 5.75 Å². The second kappa shape index (κ2) is 5.79. The standard InChI is InChI=1S/C13H14F2N2O2/c1-19-12-6-9(14)8(5-10(12)15)11-7-16-13(17-11)3-2-4-18/h5-7,18H,2-4H2,1H3,(H,16,17). The third-order valence-electron chi connectivity index (χ3n) is 2.73. The number of methoxy groups -OCH3 is 1. The molecule has 0 bridgehead atoms. The Hall–Kier alpha value is -1.95. The van der Waals surface area contributed by atoms with Gasteiger partial charge >= 0.3 is 0 Å². The largest absolute Gasteiger partial charge is 0.494 e. The van der Waals surface area contributed by atoms with E-state index in [1.165, 1.54) is 13.3 Å². The fourth-order valence-corrected chi connectivity index (χ4v) is 1.76. The number of aliphatic hydroxyl groups is 1. The van der Waals surface area contributed by atoms with Crippen LogP contribution in [-0.4, -0.2) is 28.8 Å². The lowest BCUT2D eigenvalue weighted by molar-refractivity contribution is 0.287. The SMILES string of the molecule is COc1cc(F)c(-c2cnc(CCCO)[nH]2)cc1F. The number of nitrogens with zero attached hydrogens (tertiary/aromatic N) is 1. The summed E-state index contributed by atoms with van der Waals surface area (Å²) >= 11 is 0. The lowest BCUT2D eigenvalue weighted by Crippen LogP contribution is -1.94. The molecule has 0 saturated carbocycles. The number of halogens is 2. The number of aryl methyl sites for hydroxylation is 1. The van der Waals surface area contributed by atoms with Crippen molar-refractivity contribution in [2.75, 3.05) is 13.7 Å². The van der Waals surface area contributed by atoms with Gasteiger partial charge in [0, 0.05) is 24.7 Å². The van der Waals surface area contributed by atoms with Gasteiger partial charge in [-0.05, 0) is 12.5 Å². The Balaban J connectivity index is 2.31. The normalized spacial score (nSPS) is 10.7. The summed E-state index contributed by atoms with van der Waals surface area (Å²) in [4.78, 5) is 6.96. The Morgan fingerprint density at radius 2 is 2.11 bits per heavy atom. The van der Waals surface area contributed by atoms with Crippen LogP contribution in [0.2, 0.25) is 0 Å². The first-order chi connectivity index (χ1) is 9.15. The molecule has 1 aromatic carbocycles. The molecule has 0 unspecified atom stereocenters. The Morgan fingerprint density at radius 1 is 1.32 bits per heavy atom. The number of ether oxygens (including phenoxy) is 1. The van der Waals surface area contributed by atoms with Crippen molar-refractivity contribution in [3.8, 4) is 17.0 Å². The highest BCUT2D eigenvalue weighted by Crippen LogP contribution is 2.27. The average Bonchev–Trinajstić information content (AvgIpc) is 2.87. The van der Waals surface area contributed by atoms with Crippen LogP contribution >= 0.6 is 0 Å². The van der Waals surface area contributed by atoms with Crippen LogP contribution in [0.4, 0.5) is 8.78 Å². The Kier molecular flexibility index (Phi) is 4.11. The highest BCUT2D eigenvalue weighted by molar-refractivity contribution is 5.61. The quantitative estimate of drug-likeness (QED) is 0.874. The number of hydrogen-bond donors (Lipinski definition) is 2. The molecule has 0 saturated heterocycles. The van der Waals surface area contributed by atoms with Crippen LogP contribution in [-0.2, 0) is 6.42 Å². The highest BCUT2D eigenvalue weighted by atomic mass is 19.1. The van der Waals surface area contributed by atoms with Gasteiger partial charge in [0.25, 0.3) is 0 Å². The predicted molar refractivity (Wildman–Crippen MR) is 65.9 cm³/mol. The van der Waals surface area contributed by atoms with Gasteiger partial charge in [-0.2, -0.15) is 0 Å². The molecule has 2 N–H and O–H groups in total. The van der Waals surface area contributed by atoms with E-state index < -0.39 is 11.6 Å². The van der Waals surface area contributed by atoms with E-state index in [0.29, 0.717) is 24.4 Å². The van der Waals surface area contributed by atoms with Gasteiger partial charge in [-0.1, -0.05) is 0 Å². The fourth-order valence-electron chi connectivity index (χ4n) is 1.76. The zero-order chi connectivity index (χ0) is 13.8. The summed E-state index contributed by atoms with van der Waals surface area (Å²) in [6, 6.07) is 2.07. The maximum atomic E-state index is 13.8. The summed E-state index contributed by atoms with van der Waals surface area (Å²) in [5.41, 5.74) is 0.494. The van der Waals surface area contributed by atoms with Gasteiger partial charge in [-0.25, -0.2) is 13.8 Å². The zero-order valence-corrected chi connectivity index (χ0v) is 10.4. The summed E-state index contributed by atoms with van der Waals surface area (Å²) in [5, 5.41) is 8.72. The van der Waals surface area contributed by atoms with Gasteiger partial charge in [0.2, 0.25) is 0 Å². The van der Waals surface area contributed by atoms with Gasteiger partial charge in [0.15, 0.2) is 11.6 Å². The van der Waals surface area contributed by atoms with Gasteiger partial charge < -0.3 is 14.8 Å². The number of aromatic nitrogens is 2. The van der Waals surface area contributed by atoms with Crippen molar-refractivity contribution in [3.05, 3.63) is 35.8 Å². The van der Waals surface area contributed by atoms with E-state index in [2.05, 4.69) is 9.97 Å². The molecule has 4 nitrogen and oxygen atoms in total. The summed E-state index contributed by atoms with van der Waals surface area (Å²) in [5.74, 6) is -0.734. The lowest BCUT2D eigenvalue weighted by Gasteiger charge is -2.05. The molecule has 102 valence electrons. The number of H-pyrrole nitrogens is 1. The number of nitrogens with one attached hydrogen (secondary N) is 1. The van der Waals surface area contributed by atoms with Crippen LogP contribution in [0.3, 0.4) is 0 Å². The molecule has 1 heterocycles. The molecule has 2 aromatic rings. The molecule has 1 aromatic heterocycles. The van der Waals surface area contributed by atoms with Crippen molar-refractivity contribution in [1.82, 2.24) is 9.97 Å². The Morgan fingerprint density at radius 3 is 2.79 bits per heavy atom. The summed E-state index contributed by atoms with van der Waals surface area (Å²) < 4.78 is 32.1. The number of rotatable bonds is 5. The second-order valence-electron chi connectivity index (χ2n) is 4.04. The first kappa shape index (κ1) is 13.5. The number of hydrogen-bond acceptors (Lipinski definition) is 3. The van der Waals surface area contributed by atoms with Crippen LogP contribution in [0, 0.1) is 11.6 Å². The minimum Gasteiger partial charge on any atom is -0.494 e. The zero-order valence-electron chi connectivity index (χ0n) is 10.4. The Bertz CT molecular complexity index is 570. The van der Waals surface area contributed by atoms with Crippen LogP contribution in [0.25, 0.3) is 11.3 Å². The van der Waals surface area contributed by atoms with Crippen molar-refractivity contribution >= 4 is 0 Å². The monoisotopic (exact) mass is 268 g/mol. The molecule has 0 aliphatic heterocycles. The van der Waals surface area contributed by atoms with Gasteiger partial charge in [-0.15, -0.1) is 0 Å². The van der Waals surface area contributed by atoms with Crippen molar-refractivity contribution in [3.63, 3.8) is 0 Å². The third kappa shape index (κ3) is 2.90. The van der Waals surface area contributed by atoms with Gasteiger partial charge in [0.05, 0.1) is 19.0 Å². The molecular formula is C13H14F2N2O2. The molecule has 0 spiro atoms. The van der Waals surface area contributed by atoms with E-state index >= 15 is 0 Å². The van der Waals surface area contributed by atoms with E-state index in [0.717, 1.165) is 12.1 Å². The average molecular weight is 268 g/mol. The number of aromatic amines is 1. The smallest absolute Gasteiger partial charge is 0.165 e. The summed E-state index contributed by atoms with van der Waals surface area (Å²) in [6.45, 7) is 0.0571. The molecule has 19 heavy (non-hydrogen) atoms. The van der Waals surface area contributed by atoms with Gasteiger partial charge in [-0.3, -0.25) is 0 Å². The molecule has 0 atom stereocenters.